The molecule has 3 fully saturated rings. The van der Waals surface area contributed by atoms with E-state index in [2.05, 4.69) is 98.2 Å². The molecular weight excluding hydrogens is 628 g/mol. The molecule has 0 spiro atoms. The summed E-state index contributed by atoms with van der Waals surface area (Å²) in [6.45, 7) is 15.1. The number of methoxy groups -OCH3 is 1. The fourth-order valence-electron chi connectivity index (χ4n) is 7.56. The predicted octanol–water partition coefficient (Wildman–Crippen LogP) is 6.38. The fraction of sp³-hybridized carbons (Fsp3) is 0.410. The van der Waals surface area contributed by atoms with Crippen LogP contribution in [0.5, 0.6) is 5.75 Å². The van der Waals surface area contributed by atoms with Crippen LogP contribution in [0.2, 0.25) is 0 Å². The normalized spacial score (nSPS) is 19.2. The fourth-order valence-corrected chi connectivity index (χ4v) is 7.56. The van der Waals surface area contributed by atoms with E-state index >= 15 is 0 Å². The third-order valence-corrected chi connectivity index (χ3v) is 10.4. The van der Waals surface area contributed by atoms with Crippen molar-refractivity contribution < 1.29 is 14.4 Å². The summed E-state index contributed by atoms with van der Waals surface area (Å²) in [6.07, 6.45) is 5.81. The van der Waals surface area contributed by atoms with Crippen LogP contribution in [0.15, 0.2) is 79.6 Å². The van der Waals surface area contributed by atoms with Crippen molar-refractivity contribution in [1.29, 1.82) is 0 Å². The van der Waals surface area contributed by atoms with Crippen molar-refractivity contribution in [3.05, 3.63) is 85.2 Å². The van der Waals surface area contributed by atoms with Crippen LogP contribution in [0.4, 0.5) is 28.7 Å². The van der Waals surface area contributed by atoms with Crippen LogP contribution < -0.4 is 25.3 Å². The second kappa shape index (κ2) is 15.0. The van der Waals surface area contributed by atoms with Gasteiger partial charge in [0.05, 0.1) is 36.8 Å². The number of piperidine rings is 1. The molecule has 4 aromatic rings. The molecule has 11 heteroatoms. The number of fused-ring (bicyclic) bond motifs is 1. The van der Waals surface area contributed by atoms with Crippen LogP contribution in [0, 0.1) is 0 Å². The van der Waals surface area contributed by atoms with Crippen molar-refractivity contribution in [2.24, 2.45) is 0 Å². The van der Waals surface area contributed by atoms with Gasteiger partial charge in [0.15, 0.2) is 5.82 Å². The molecule has 4 heterocycles. The third-order valence-electron chi connectivity index (χ3n) is 10.4. The van der Waals surface area contributed by atoms with Crippen molar-refractivity contribution in [3.63, 3.8) is 0 Å². The molecule has 2 N–H and O–H groups in total. The molecule has 1 amide bonds. The summed E-state index contributed by atoms with van der Waals surface area (Å²) in [7, 11) is 1.66. The van der Waals surface area contributed by atoms with E-state index in [1.54, 1.807) is 7.11 Å². The monoisotopic (exact) mass is 676 g/mol. The Hall–Kier alpha value is -4.71. The minimum atomic E-state index is -0.268. The number of nitrogens with zero attached hydrogens (tertiary/aromatic N) is 6. The van der Waals surface area contributed by atoms with Crippen LogP contribution in [-0.4, -0.2) is 90.7 Å². The Morgan fingerprint density at radius 1 is 0.940 bits per heavy atom. The van der Waals surface area contributed by atoms with Crippen LogP contribution in [0.25, 0.3) is 10.8 Å². The molecule has 0 saturated carbocycles. The molecule has 7 rings (SSSR count). The van der Waals surface area contributed by atoms with Crippen LogP contribution in [0.1, 0.15) is 44.7 Å². The quantitative estimate of drug-likeness (QED) is 0.184. The second-order valence-corrected chi connectivity index (χ2v) is 13.6. The minimum Gasteiger partial charge on any atom is -0.494 e. The molecule has 3 aliphatic rings. The zero-order valence-electron chi connectivity index (χ0n) is 29.3. The Balaban J connectivity index is 1.09. The largest absolute Gasteiger partial charge is 0.494 e. The molecule has 3 aromatic carbocycles. The van der Waals surface area contributed by atoms with Gasteiger partial charge in [0.1, 0.15) is 17.9 Å². The van der Waals surface area contributed by atoms with Gasteiger partial charge >= 0.3 is 0 Å². The summed E-state index contributed by atoms with van der Waals surface area (Å²) in [5.74, 6) is 1.61. The zero-order chi connectivity index (χ0) is 34.6. The molecule has 50 heavy (non-hydrogen) atoms. The van der Waals surface area contributed by atoms with Crippen molar-refractivity contribution in [2.45, 2.75) is 51.2 Å². The molecule has 262 valence electrons. The lowest BCUT2D eigenvalue weighted by molar-refractivity contribution is -0.111. The van der Waals surface area contributed by atoms with Crippen molar-refractivity contribution >= 4 is 45.4 Å². The number of nitrogens with one attached hydrogen (secondary N) is 2. The van der Waals surface area contributed by atoms with Gasteiger partial charge < -0.3 is 20.3 Å². The van der Waals surface area contributed by atoms with Crippen molar-refractivity contribution in [3.8, 4) is 5.75 Å². The van der Waals surface area contributed by atoms with E-state index in [9.17, 15) is 4.79 Å². The molecule has 11 nitrogen and oxygen atoms in total. The SMILES string of the molecule is C=CC(=O)Nc1cc(Nc2cc(N3OCC[C@@H]3c3ccc4ccccc4c3)ncn2)c(OC)cc1N1CCC(N2CCN(C(C)C)CC2)CC1. The van der Waals surface area contributed by atoms with Crippen molar-refractivity contribution in [1.82, 2.24) is 19.8 Å². The van der Waals surface area contributed by atoms with E-state index in [-0.39, 0.29) is 11.9 Å². The first-order chi connectivity index (χ1) is 24.4. The van der Waals surface area contributed by atoms with E-state index in [1.165, 1.54) is 28.7 Å². The Bertz CT molecular complexity index is 1820. The van der Waals surface area contributed by atoms with Gasteiger partial charge in [-0.1, -0.05) is 43.0 Å². The summed E-state index contributed by atoms with van der Waals surface area (Å²) in [4.78, 5) is 35.4. The maximum Gasteiger partial charge on any atom is 0.247 e. The highest BCUT2D eigenvalue weighted by atomic mass is 16.7. The zero-order valence-corrected chi connectivity index (χ0v) is 29.3. The Morgan fingerprint density at radius 3 is 2.46 bits per heavy atom. The van der Waals surface area contributed by atoms with Gasteiger partial charge in [-0.15, -0.1) is 0 Å². The first-order valence-electron chi connectivity index (χ1n) is 17.8. The first kappa shape index (κ1) is 33.8. The van der Waals surface area contributed by atoms with Gasteiger partial charge in [0, 0.05) is 69.9 Å². The van der Waals surface area contributed by atoms with Gasteiger partial charge in [-0.25, -0.2) is 15.0 Å². The smallest absolute Gasteiger partial charge is 0.247 e. The Labute approximate surface area is 294 Å². The van der Waals surface area contributed by atoms with Gasteiger partial charge in [0.2, 0.25) is 5.91 Å². The molecule has 3 saturated heterocycles. The number of hydrogen-bond acceptors (Lipinski definition) is 10. The molecule has 0 bridgehead atoms. The summed E-state index contributed by atoms with van der Waals surface area (Å²) < 4.78 is 5.91. The Kier molecular flexibility index (Phi) is 10.2. The summed E-state index contributed by atoms with van der Waals surface area (Å²) in [6, 6.07) is 21.9. The molecule has 0 unspecified atom stereocenters. The van der Waals surface area contributed by atoms with E-state index in [1.807, 2.05) is 23.3 Å². The standard InChI is InChI=1S/C39H48N8O3/c1-5-39(48)43-32-23-33(36(49-4)24-35(32)46-15-12-31(13-16-46)45-19-17-44(18-20-45)27(2)3)42-37-25-38(41-26-40-37)47-34(14-21-50-47)30-11-10-28-8-6-7-9-29(28)22-30/h5-11,22-27,31,34H,1,12-21H2,2-4H3,(H,43,48)(H,40,41,42)/t34-/m1/s1. The number of anilines is 5. The van der Waals surface area contributed by atoms with Crippen LogP contribution >= 0.6 is 0 Å². The number of piperazine rings is 1. The number of hydrogen-bond donors (Lipinski definition) is 2. The maximum atomic E-state index is 12.6. The molecule has 0 radical (unpaired) electrons. The van der Waals surface area contributed by atoms with Gasteiger partial charge in [0.25, 0.3) is 0 Å². The van der Waals surface area contributed by atoms with Crippen LogP contribution in [-0.2, 0) is 9.63 Å². The number of benzene rings is 3. The summed E-state index contributed by atoms with van der Waals surface area (Å²) in [5.41, 5.74) is 3.46. The summed E-state index contributed by atoms with van der Waals surface area (Å²) >= 11 is 0. The number of rotatable bonds is 10. The second-order valence-electron chi connectivity index (χ2n) is 13.6. The van der Waals surface area contributed by atoms with Gasteiger partial charge in [-0.05, 0) is 61.2 Å². The summed E-state index contributed by atoms with van der Waals surface area (Å²) in [5, 5.41) is 10.8. The third kappa shape index (κ3) is 7.26. The first-order valence-corrected chi connectivity index (χ1v) is 17.8. The number of hydroxylamine groups is 1. The number of carbonyl (C=O) groups excluding carboxylic acids is 1. The van der Waals surface area contributed by atoms with Crippen LogP contribution in [0.3, 0.4) is 0 Å². The minimum absolute atomic E-state index is 0.0191. The molecule has 0 aliphatic carbocycles. The molecule has 1 atom stereocenters. The highest BCUT2D eigenvalue weighted by Gasteiger charge is 2.31. The van der Waals surface area contributed by atoms with Crippen molar-refractivity contribution in [2.75, 3.05) is 73.6 Å². The topological polar surface area (TPSA) is 98.3 Å². The predicted molar refractivity (Wildman–Crippen MR) is 200 cm³/mol. The van der Waals surface area contributed by atoms with E-state index in [0.717, 1.165) is 64.2 Å². The molecule has 1 aromatic heterocycles. The Morgan fingerprint density at radius 2 is 1.72 bits per heavy atom. The maximum absolute atomic E-state index is 12.6. The molecular formula is C39H48N8O3. The number of aromatic nitrogens is 2. The van der Waals surface area contributed by atoms with E-state index < -0.39 is 0 Å². The molecule has 3 aliphatic heterocycles. The lowest BCUT2D eigenvalue weighted by Crippen LogP contribution is -2.54. The van der Waals surface area contributed by atoms with Gasteiger partial charge in [-0.2, -0.15) is 0 Å². The lowest BCUT2D eigenvalue weighted by Gasteiger charge is -2.44. The number of amides is 1. The highest BCUT2D eigenvalue weighted by Crippen LogP contribution is 2.41. The average molecular weight is 677 g/mol. The number of carbonyl (C=O) groups is 1. The van der Waals surface area contributed by atoms with E-state index in [0.29, 0.717) is 47.5 Å². The van der Waals surface area contributed by atoms with E-state index in [4.69, 9.17) is 9.57 Å². The number of ether oxygens (including phenoxy) is 1. The highest BCUT2D eigenvalue weighted by molar-refractivity contribution is 6.02. The average Bonchev–Trinajstić information content (AvgIpc) is 3.65. The lowest BCUT2D eigenvalue weighted by atomic mass is 10.0. The van der Waals surface area contributed by atoms with Gasteiger partial charge in [-0.3, -0.25) is 19.4 Å².